The van der Waals surface area contributed by atoms with E-state index < -0.39 is 11.4 Å². The van der Waals surface area contributed by atoms with Crippen LogP contribution in [-0.4, -0.2) is 28.1 Å². The Morgan fingerprint density at radius 1 is 1.59 bits per heavy atom. The molecule has 5 heteroatoms. The van der Waals surface area contributed by atoms with E-state index in [4.69, 9.17) is 5.11 Å². The van der Waals surface area contributed by atoms with Crippen molar-refractivity contribution in [1.29, 1.82) is 0 Å². The second kappa shape index (κ2) is 5.54. The predicted molar refractivity (Wildman–Crippen MR) is 62.5 cm³/mol. The number of hydrogen-bond acceptors (Lipinski definition) is 3. The van der Waals surface area contributed by atoms with E-state index in [1.54, 1.807) is 13.8 Å². The van der Waals surface area contributed by atoms with Crippen LogP contribution in [0.1, 0.15) is 19.4 Å². The van der Waals surface area contributed by atoms with Crippen molar-refractivity contribution >= 4 is 12.0 Å². The Hall–Kier alpha value is -1.75. The number of rotatable bonds is 4. The van der Waals surface area contributed by atoms with Crippen LogP contribution in [0.25, 0.3) is 6.08 Å². The van der Waals surface area contributed by atoms with E-state index in [0.29, 0.717) is 5.56 Å². The second-order valence-corrected chi connectivity index (χ2v) is 4.30. The van der Waals surface area contributed by atoms with Crippen LogP contribution in [-0.2, 0) is 4.79 Å². The number of amides is 1. The van der Waals surface area contributed by atoms with Gasteiger partial charge >= 0.3 is 0 Å². The lowest BCUT2D eigenvalue weighted by Crippen LogP contribution is -2.45. The summed E-state index contributed by atoms with van der Waals surface area (Å²) in [4.78, 5) is 15.1. The Morgan fingerprint density at radius 2 is 2.29 bits per heavy atom. The summed E-state index contributed by atoms with van der Waals surface area (Å²) in [6.45, 7) is 3.24. The Bertz CT molecular complexity index is 430. The number of nitrogens with zero attached hydrogens (tertiary/aromatic N) is 1. The third-order valence-electron chi connectivity index (χ3n) is 2.01. The number of pyridine rings is 1. The molecule has 0 aromatic carbocycles. The fraction of sp³-hybridized carbons (Fsp3) is 0.333. The highest BCUT2D eigenvalue weighted by Crippen LogP contribution is 2.04. The third kappa shape index (κ3) is 4.74. The molecule has 0 radical (unpaired) electrons. The van der Waals surface area contributed by atoms with Crippen LogP contribution < -0.4 is 5.32 Å². The number of nitrogens with one attached hydrogen (secondary N) is 1. The molecular formula is C12H15FN2O2. The van der Waals surface area contributed by atoms with E-state index >= 15 is 0 Å². The number of halogens is 1. The van der Waals surface area contributed by atoms with Gasteiger partial charge in [-0.05, 0) is 31.6 Å². The number of carbonyl (C=O) groups is 1. The van der Waals surface area contributed by atoms with Gasteiger partial charge in [-0.2, -0.15) is 0 Å². The minimum atomic E-state index is -0.679. The van der Waals surface area contributed by atoms with Crippen molar-refractivity contribution in [1.82, 2.24) is 10.3 Å². The molecule has 0 unspecified atom stereocenters. The molecule has 1 aromatic heterocycles. The molecule has 0 aliphatic heterocycles. The molecule has 0 aliphatic rings. The first kappa shape index (κ1) is 13.3. The molecule has 1 heterocycles. The van der Waals surface area contributed by atoms with Gasteiger partial charge in [0.1, 0.15) is 5.82 Å². The largest absolute Gasteiger partial charge is 0.394 e. The van der Waals surface area contributed by atoms with Gasteiger partial charge in [-0.1, -0.05) is 0 Å². The summed E-state index contributed by atoms with van der Waals surface area (Å²) in [6.07, 6.45) is 5.27. The molecule has 0 fully saturated rings. The van der Waals surface area contributed by atoms with Crippen LogP contribution in [0.3, 0.4) is 0 Å². The number of aliphatic hydroxyl groups is 1. The first-order valence-corrected chi connectivity index (χ1v) is 5.14. The standard InChI is InChI=1S/C12H15FN2O2/c1-12(2,8-16)15-11(17)4-3-9-5-10(13)7-14-6-9/h3-7,16H,8H2,1-2H3,(H,15,17)/b4-3+. The summed E-state index contributed by atoms with van der Waals surface area (Å²) in [7, 11) is 0. The van der Waals surface area contributed by atoms with Crippen LogP contribution in [0, 0.1) is 5.82 Å². The molecule has 2 N–H and O–H groups in total. The monoisotopic (exact) mass is 238 g/mol. The molecule has 92 valence electrons. The van der Waals surface area contributed by atoms with Crippen LogP contribution in [0.4, 0.5) is 4.39 Å². The highest BCUT2D eigenvalue weighted by Gasteiger charge is 2.17. The molecule has 0 bridgehead atoms. The fourth-order valence-electron chi connectivity index (χ4n) is 1.11. The van der Waals surface area contributed by atoms with E-state index in [9.17, 15) is 9.18 Å². The first-order valence-electron chi connectivity index (χ1n) is 5.14. The molecule has 0 saturated heterocycles. The van der Waals surface area contributed by atoms with Gasteiger partial charge < -0.3 is 10.4 Å². The summed E-state index contributed by atoms with van der Waals surface area (Å²) in [6, 6.07) is 1.27. The molecule has 0 atom stereocenters. The highest BCUT2D eigenvalue weighted by atomic mass is 19.1. The van der Waals surface area contributed by atoms with Crippen molar-refractivity contribution in [2.45, 2.75) is 19.4 Å². The summed E-state index contributed by atoms with van der Waals surface area (Å²) in [5, 5.41) is 11.6. The third-order valence-corrected chi connectivity index (χ3v) is 2.01. The number of aliphatic hydroxyl groups excluding tert-OH is 1. The SMILES string of the molecule is CC(C)(CO)NC(=O)/C=C/c1cncc(F)c1. The number of carbonyl (C=O) groups excluding carboxylic acids is 1. The lowest BCUT2D eigenvalue weighted by atomic mass is 10.1. The zero-order valence-electron chi connectivity index (χ0n) is 9.77. The van der Waals surface area contributed by atoms with Crippen molar-refractivity contribution in [3.8, 4) is 0 Å². The maximum Gasteiger partial charge on any atom is 0.244 e. The number of aromatic nitrogens is 1. The predicted octanol–water partition coefficient (Wildman–Crippen LogP) is 1.12. The molecule has 4 nitrogen and oxygen atoms in total. The van der Waals surface area contributed by atoms with Crippen LogP contribution >= 0.6 is 0 Å². The fourth-order valence-corrected chi connectivity index (χ4v) is 1.11. The topological polar surface area (TPSA) is 62.2 Å². The summed E-state index contributed by atoms with van der Waals surface area (Å²) < 4.78 is 12.8. The molecule has 0 spiro atoms. The zero-order valence-corrected chi connectivity index (χ0v) is 9.77. The lowest BCUT2D eigenvalue weighted by molar-refractivity contribution is -0.118. The van der Waals surface area contributed by atoms with E-state index in [0.717, 1.165) is 6.20 Å². The van der Waals surface area contributed by atoms with Gasteiger partial charge in [0, 0.05) is 12.3 Å². The maximum atomic E-state index is 12.8. The Labute approximate surface area is 99.2 Å². The van der Waals surface area contributed by atoms with Gasteiger partial charge in [-0.15, -0.1) is 0 Å². The average Bonchev–Trinajstić information content (AvgIpc) is 2.26. The smallest absolute Gasteiger partial charge is 0.244 e. The average molecular weight is 238 g/mol. The first-order chi connectivity index (χ1) is 7.93. The maximum absolute atomic E-state index is 12.8. The van der Waals surface area contributed by atoms with Crippen molar-refractivity contribution in [3.63, 3.8) is 0 Å². The van der Waals surface area contributed by atoms with Gasteiger partial charge in [-0.3, -0.25) is 9.78 Å². The van der Waals surface area contributed by atoms with E-state index in [2.05, 4.69) is 10.3 Å². The van der Waals surface area contributed by atoms with Crippen LogP contribution in [0.15, 0.2) is 24.5 Å². The van der Waals surface area contributed by atoms with E-state index in [1.165, 1.54) is 24.4 Å². The minimum absolute atomic E-state index is 0.159. The number of hydrogen-bond donors (Lipinski definition) is 2. The quantitative estimate of drug-likeness (QED) is 0.773. The molecule has 1 rings (SSSR count). The minimum Gasteiger partial charge on any atom is -0.394 e. The Balaban J connectivity index is 2.63. The van der Waals surface area contributed by atoms with Gasteiger partial charge in [-0.25, -0.2) is 4.39 Å². The van der Waals surface area contributed by atoms with Crippen molar-refractivity contribution < 1.29 is 14.3 Å². The molecule has 0 aliphatic carbocycles. The molecule has 1 amide bonds. The van der Waals surface area contributed by atoms with Gasteiger partial charge in [0.15, 0.2) is 0 Å². The Kier molecular flexibility index (Phi) is 4.34. The summed E-state index contributed by atoms with van der Waals surface area (Å²) in [5.41, 5.74) is -0.177. The molecule has 0 saturated carbocycles. The summed E-state index contributed by atoms with van der Waals surface area (Å²) >= 11 is 0. The van der Waals surface area contributed by atoms with E-state index in [-0.39, 0.29) is 12.5 Å². The second-order valence-electron chi connectivity index (χ2n) is 4.30. The highest BCUT2D eigenvalue weighted by molar-refractivity contribution is 5.92. The molecule has 17 heavy (non-hydrogen) atoms. The summed E-state index contributed by atoms with van der Waals surface area (Å²) in [5.74, 6) is -0.809. The molecule has 1 aromatic rings. The lowest BCUT2D eigenvalue weighted by Gasteiger charge is -2.22. The van der Waals surface area contributed by atoms with Crippen LogP contribution in [0.5, 0.6) is 0 Å². The van der Waals surface area contributed by atoms with Crippen molar-refractivity contribution in [3.05, 3.63) is 35.9 Å². The Morgan fingerprint density at radius 3 is 2.88 bits per heavy atom. The van der Waals surface area contributed by atoms with Crippen molar-refractivity contribution in [2.24, 2.45) is 0 Å². The van der Waals surface area contributed by atoms with Gasteiger partial charge in [0.2, 0.25) is 5.91 Å². The van der Waals surface area contributed by atoms with Gasteiger partial charge in [0.25, 0.3) is 0 Å². The van der Waals surface area contributed by atoms with E-state index in [1.807, 2.05) is 0 Å². The van der Waals surface area contributed by atoms with Crippen molar-refractivity contribution in [2.75, 3.05) is 6.61 Å². The molecular weight excluding hydrogens is 223 g/mol. The van der Waals surface area contributed by atoms with Crippen LogP contribution in [0.2, 0.25) is 0 Å². The van der Waals surface area contributed by atoms with Gasteiger partial charge in [0.05, 0.1) is 18.3 Å². The normalized spacial score (nSPS) is 11.8. The zero-order chi connectivity index (χ0) is 12.9.